The Morgan fingerprint density at radius 2 is 2.00 bits per heavy atom. The highest BCUT2D eigenvalue weighted by molar-refractivity contribution is 6.43. The lowest BCUT2D eigenvalue weighted by Crippen LogP contribution is -2.45. The Morgan fingerprint density at radius 3 is 2.61 bits per heavy atom. The van der Waals surface area contributed by atoms with Crippen molar-refractivity contribution >= 4 is 34.8 Å². The molecule has 2 heterocycles. The van der Waals surface area contributed by atoms with E-state index in [-0.39, 0.29) is 10.2 Å². The molecule has 18 heavy (non-hydrogen) atoms. The molecule has 3 nitrogen and oxygen atoms in total. The van der Waals surface area contributed by atoms with E-state index < -0.39 is 12.7 Å². The van der Waals surface area contributed by atoms with Gasteiger partial charge >= 0.3 is 0 Å². The maximum Gasteiger partial charge on any atom is 0.148 e. The van der Waals surface area contributed by atoms with Crippen LogP contribution in [-0.2, 0) is 0 Å². The Balaban J connectivity index is 2.34. The predicted molar refractivity (Wildman–Crippen MR) is 72.4 cm³/mol. The van der Waals surface area contributed by atoms with Crippen LogP contribution in [0.2, 0.25) is 15.2 Å². The van der Waals surface area contributed by atoms with Gasteiger partial charge in [-0.05, 0) is 0 Å². The van der Waals surface area contributed by atoms with Gasteiger partial charge in [-0.1, -0.05) is 34.8 Å². The van der Waals surface area contributed by atoms with Crippen LogP contribution in [0.5, 0.6) is 0 Å². The summed E-state index contributed by atoms with van der Waals surface area (Å²) >= 11 is 18.1. The normalized spacial score (nSPS) is 18.9. The number of alkyl halides is 1. The van der Waals surface area contributed by atoms with Gasteiger partial charge in [-0.25, -0.2) is 9.37 Å². The topological polar surface area (TPSA) is 28.2 Å². The van der Waals surface area contributed by atoms with E-state index in [4.69, 9.17) is 34.8 Å². The highest BCUT2D eigenvalue weighted by Crippen LogP contribution is 2.37. The number of aromatic nitrogens is 1. The van der Waals surface area contributed by atoms with E-state index in [1.54, 1.807) is 0 Å². The summed E-state index contributed by atoms with van der Waals surface area (Å²) in [5.74, 6) is 0. The van der Waals surface area contributed by atoms with Crippen LogP contribution in [0.25, 0.3) is 0 Å². The maximum atomic E-state index is 13.4. The van der Waals surface area contributed by atoms with E-state index in [1.165, 1.54) is 6.20 Å². The molecule has 2 rings (SSSR count). The molecule has 1 aromatic heterocycles. The van der Waals surface area contributed by atoms with Gasteiger partial charge in [0.1, 0.15) is 11.8 Å². The summed E-state index contributed by atoms with van der Waals surface area (Å²) in [5, 5.41) is 3.97. The first-order valence-corrected chi connectivity index (χ1v) is 6.78. The lowest BCUT2D eigenvalue weighted by Gasteiger charge is -2.34. The number of nitrogens with zero attached hydrogens (tertiary/aromatic N) is 2. The molecule has 1 aromatic rings. The van der Waals surface area contributed by atoms with Crippen LogP contribution in [0.3, 0.4) is 0 Å². The third kappa shape index (κ3) is 2.89. The fourth-order valence-electron chi connectivity index (χ4n) is 2.11. The van der Waals surface area contributed by atoms with Crippen molar-refractivity contribution in [3.63, 3.8) is 0 Å². The standard InChI is InChI=1S/C11H13Cl3FN3/c12-7-6-17-11(14)10(13)9(7)8(5-15)18-3-1-16-2-4-18/h6,8,16H,1-5H2/t8-/m1/s1. The Kier molecular flexibility index (Phi) is 5.04. The van der Waals surface area contributed by atoms with E-state index in [0.717, 1.165) is 26.2 Å². The van der Waals surface area contributed by atoms with Gasteiger partial charge < -0.3 is 5.32 Å². The number of hydrogen-bond donors (Lipinski definition) is 1. The molecule has 1 atom stereocenters. The molecule has 0 unspecified atom stereocenters. The zero-order valence-corrected chi connectivity index (χ0v) is 11.9. The van der Waals surface area contributed by atoms with Crippen molar-refractivity contribution in [3.8, 4) is 0 Å². The number of piperazine rings is 1. The number of halogens is 4. The molecule has 0 aliphatic carbocycles. The zero-order valence-electron chi connectivity index (χ0n) is 9.60. The second-order valence-electron chi connectivity index (χ2n) is 4.08. The largest absolute Gasteiger partial charge is 0.314 e. The van der Waals surface area contributed by atoms with E-state index in [0.29, 0.717) is 10.6 Å². The second kappa shape index (κ2) is 6.35. The monoisotopic (exact) mass is 311 g/mol. The lowest BCUT2D eigenvalue weighted by molar-refractivity contribution is 0.147. The summed E-state index contributed by atoms with van der Waals surface area (Å²) in [7, 11) is 0. The summed E-state index contributed by atoms with van der Waals surface area (Å²) in [4.78, 5) is 5.86. The van der Waals surface area contributed by atoms with Crippen molar-refractivity contribution in [3.05, 3.63) is 27.0 Å². The summed E-state index contributed by atoms with van der Waals surface area (Å²) in [6.45, 7) is 2.59. The predicted octanol–water partition coefficient (Wildman–Crippen LogP) is 2.96. The van der Waals surface area contributed by atoms with Crippen molar-refractivity contribution in [2.24, 2.45) is 0 Å². The molecule has 1 fully saturated rings. The summed E-state index contributed by atoms with van der Waals surface area (Å²) in [6.07, 6.45) is 1.41. The van der Waals surface area contributed by atoms with Crippen LogP contribution in [-0.4, -0.2) is 42.7 Å². The van der Waals surface area contributed by atoms with Gasteiger partial charge in [-0.2, -0.15) is 0 Å². The molecule has 0 amide bonds. The minimum Gasteiger partial charge on any atom is -0.314 e. The van der Waals surface area contributed by atoms with Crippen LogP contribution >= 0.6 is 34.8 Å². The molecule has 1 saturated heterocycles. The smallest absolute Gasteiger partial charge is 0.148 e. The summed E-state index contributed by atoms with van der Waals surface area (Å²) in [6, 6.07) is -0.465. The summed E-state index contributed by atoms with van der Waals surface area (Å²) < 4.78 is 13.4. The number of pyridine rings is 1. The van der Waals surface area contributed by atoms with E-state index in [9.17, 15) is 4.39 Å². The molecule has 0 radical (unpaired) electrons. The first-order chi connectivity index (χ1) is 8.65. The fourth-order valence-corrected chi connectivity index (χ4v) is 2.86. The highest BCUT2D eigenvalue weighted by atomic mass is 35.5. The van der Waals surface area contributed by atoms with Gasteiger partial charge in [0.25, 0.3) is 0 Å². The van der Waals surface area contributed by atoms with Crippen molar-refractivity contribution in [1.82, 2.24) is 15.2 Å². The van der Waals surface area contributed by atoms with Crippen LogP contribution in [0.4, 0.5) is 4.39 Å². The molecule has 0 saturated carbocycles. The van der Waals surface area contributed by atoms with Crippen molar-refractivity contribution in [2.75, 3.05) is 32.9 Å². The van der Waals surface area contributed by atoms with Gasteiger partial charge in [-0.15, -0.1) is 0 Å². The molecule has 0 spiro atoms. The molecule has 1 aliphatic heterocycles. The quantitative estimate of drug-likeness (QED) is 0.870. The zero-order chi connectivity index (χ0) is 13.1. The molecule has 0 bridgehead atoms. The first kappa shape index (κ1) is 14.3. The molecular weight excluding hydrogens is 299 g/mol. The van der Waals surface area contributed by atoms with E-state index in [1.807, 2.05) is 4.90 Å². The minimum atomic E-state index is -0.556. The fraction of sp³-hybridized carbons (Fsp3) is 0.545. The minimum absolute atomic E-state index is 0.157. The van der Waals surface area contributed by atoms with Crippen LogP contribution in [0.1, 0.15) is 11.6 Å². The number of rotatable bonds is 3. The SMILES string of the molecule is FC[C@H](c1c(Cl)cnc(Cl)c1Cl)N1CCNCC1. The Morgan fingerprint density at radius 1 is 1.33 bits per heavy atom. The van der Waals surface area contributed by atoms with Crippen molar-refractivity contribution < 1.29 is 4.39 Å². The number of nitrogens with one attached hydrogen (secondary N) is 1. The van der Waals surface area contributed by atoms with Gasteiger partial charge in [0.2, 0.25) is 0 Å². The van der Waals surface area contributed by atoms with Gasteiger partial charge in [0.15, 0.2) is 0 Å². The summed E-state index contributed by atoms with van der Waals surface area (Å²) in [5.41, 5.74) is 0.530. The van der Waals surface area contributed by atoms with Crippen molar-refractivity contribution in [1.29, 1.82) is 0 Å². The highest BCUT2D eigenvalue weighted by Gasteiger charge is 2.27. The van der Waals surface area contributed by atoms with Crippen LogP contribution in [0, 0.1) is 0 Å². The molecule has 0 aromatic carbocycles. The average molecular weight is 313 g/mol. The van der Waals surface area contributed by atoms with Crippen molar-refractivity contribution in [2.45, 2.75) is 6.04 Å². The number of hydrogen-bond acceptors (Lipinski definition) is 3. The second-order valence-corrected chi connectivity index (χ2v) is 5.22. The van der Waals surface area contributed by atoms with Crippen LogP contribution in [0.15, 0.2) is 6.20 Å². The molecule has 7 heteroatoms. The van der Waals surface area contributed by atoms with Crippen LogP contribution < -0.4 is 5.32 Å². The molecular formula is C11H13Cl3FN3. The lowest BCUT2D eigenvalue weighted by atomic mass is 10.1. The Bertz CT molecular complexity index is 424. The van der Waals surface area contributed by atoms with E-state index in [2.05, 4.69) is 10.3 Å². The molecule has 100 valence electrons. The Hall–Kier alpha value is -0.130. The van der Waals surface area contributed by atoms with Gasteiger partial charge in [-0.3, -0.25) is 4.90 Å². The third-order valence-electron chi connectivity index (χ3n) is 3.04. The first-order valence-electron chi connectivity index (χ1n) is 5.65. The third-order valence-corrected chi connectivity index (χ3v) is 4.10. The van der Waals surface area contributed by atoms with E-state index >= 15 is 0 Å². The Labute approximate surface area is 120 Å². The molecule has 1 aliphatic rings. The van der Waals surface area contributed by atoms with Gasteiger partial charge in [0.05, 0.1) is 16.1 Å². The maximum absolute atomic E-state index is 13.4. The van der Waals surface area contributed by atoms with Gasteiger partial charge in [0, 0.05) is 37.9 Å². The molecule has 1 N–H and O–H groups in total. The average Bonchev–Trinajstić information content (AvgIpc) is 2.40.